The predicted molar refractivity (Wildman–Crippen MR) is 132 cm³/mol. The van der Waals surface area contributed by atoms with Gasteiger partial charge in [-0.1, -0.05) is 23.8 Å². The molecular formula is C27H32F3N3O3. The van der Waals surface area contributed by atoms with Gasteiger partial charge in [0.15, 0.2) is 0 Å². The molecule has 4 rings (SSSR count). The number of nitrogens with zero attached hydrogens (tertiary/aromatic N) is 2. The maximum Gasteiger partial charge on any atom is 0.416 e. The molecule has 2 fully saturated rings. The largest absolute Gasteiger partial charge is 0.416 e. The van der Waals surface area contributed by atoms with E-state index in [0.29, 0.717) is 31.6 Å². The molecule has 1 aliphatic carbocycles. The quantitative estimate of drug-likeness (QED) is 0.607. The van der Waals surface area contributed by atoms with Crippen LogP contribution in [0, 0.1) is 13.8 Å². The molecule has 2 aromatic carbocycles. The molecule has 6 nitrogen and oxygen atoms in total. The van der Waals surface area contributed by atoms with E-state index in [4.69, 9.17) is 4.74 Å². The van der Waals surface area contributed by atoms with Crippen molar-refractivity contribution in [3.05, 3.63) is 59.2 Å². The maximum atomic E-state index is 13.2. The zero-order valence-corrected chi connectivity index (χ0v) is 20.6. The monoisotopic (exact) mass is 503 g/mol. The van der Waals surface area contributed by atoms with E-state index in [1.807, 2.05) is 31.2 Å². The number of benzene rings is 2. The van der Waals surface area contributed by atoms with Crippen LogP contribution in [0.2, 0.25) is 0 Å². The number of anilines is 2. The van der Waals surface area contributed by atoms with Crippen LogP contribution in [-0.4, -0.2) is 55.1 Å². The van der Waals surface area contributed by atoms with E-state index in [0.717, 1.165) is 30.2 Å². The summed E-state index contributed by atoms with van der Waals surface area (Å²) in [6.07, 6.45) is -1.56. The number of rotatable bonds is 6. The highest BCUT2D eigenvalue weighted by Crippen LogP contribution is 2.34. The molecule has 1 heterocycles. The Kier molecular flexibility index (Phi) is 7.88. The van der Waals surface area contributed by atoms with Gasteiger partial charge in [-0.15, -0.1) is 0 Å². The second-order valence-corrected chi connectivity index (χ2v) is 9.65. The third-order valence-electron chi connectivity index (χ3n) is 6.95. The Morgan fingerprint density at radius 2 is 1.72 bits per heavy atom. The lowest BCUT2D eigenvalue weighted by Gasteiger charge is -2.35. The average molecular weight is 504 g/mol. The first kappa shape index (κ1) is 26.0. The normalized spacial score (nSPS) is 21.0. The van der Waals surface area contributed by atoms with Crippen molar-refractivity contribution in [1.82, 2.24) is 4.90 Å². The van der Waals surface area contributed by atoms with Crippen LogP contribution in [0.5, 0.6) is 0 Å². The SMILES string of the molecule is Cc1ccc(N2CCN(C(=O)COC3CCC(Nc4ccc(C)c(C(F)(F)F)c4)CC3)CC2=O)cc1. The number of alkyl halides is 3. The van der Waals surface area contributed by atoms with Crippen LogP contribution in [0.1, 0.15) is 42.4 Å². The first-order valence-corrected chi connectivity index (χ1v) is 12.3. The van der Waals surface area contributed by atoms with Gasteiger partial charge in [-0.3, -0.25) is 9.59 Å². The molecule has 0 atom stereocenters. The molecule has 0 aromatic heterocycles. The summed E-state index contributed by atoms with van der Waals surface area (Å²) in [6.45, 7) is 4.30. The number of nitrogens with one attached hydrogen (secondary N) is 1. The van der Waals surface area contributed by atoms with Crippen molar-refractivity contribution in [2.75, 3.05) is 36.5 Å². The fourth-order valence-electron chi connectivity index (χ4n) is 4.79. The summed E-state index contributed by atoms with van der Waals surface area (Å²) >= 11 is 0. The molecular weight excluding hydrogens is 471 g/mol. The van der Waals surface area contributed by atoms with Gasteiger partial charge in [-0.05, 0) is 69.4 Å². The molecule has 9 heteroatoms. The Bertz CT molecular complexity index is 1080. The summed E-state index contributed by atoms with van der Waals surface area (Å²) in [4.78, 5) is 28.5. The summed E-state index contributed by atoms with van der Waals surface area (Å²) in [7, 11) is 0. The third kappa shape index (κ3) is 6.37. The number of ether oxygens (including phenoxy) is 1. The summed E-state index contributed by atoms with van der Waals surface area (Å²) in [6, 6.07) is 12.1. The number of carbonyl (C=O) groups excluding carboxylic acids is 2. The second kappa shape index (κ2) is 10.9. The Hall–Kier alpha value is -3.07. The molecule has 36 heavy (non-hydrogen) atoms. The summed E-state index contributed by atoms with van der Waals surface area (Å²) in [5.74, 6) is -0.318. The highest BCUT2D eigenvalue weighted by Gasteiger charge is 2.33. The second-order valence-electron chi connectivity index (χ2n) is 9.65. The minimum absolute atomic E-state index is 0.0309. The molecule has 0 bridgehead atoms. The van der Waals surface area contributed by atoms with E-state index in [2.05, 4.69) is 5.32 Å². The fourth-order valence-corrected chi connectivity index (χ4v) is 4.79. The lowest BCUT2D eigenvalue weighted by molar-refractivity contribution is -0.142. The number of aryl methyl sites for hydroxylation is 2. The van der Waals surface area contributed by atoms with Crippen LogP contribution in [0.4, 0.5) is 24.5 Å². The standard InChI is InChI=1S/C27H32F3N3O3/c1-18-3-9-22(10-4-18)33-14-13-32(16-25(33)34)26(35)17-36-23-11-7-20(8-12-23)31-21-6-5-19(2)24(15-21)27(28,29)30/h3-6,9-10,15,20,23,31H,7-8,11-14,16-17H2,1-2H3. The minimum Gasteiger partial charge on any atom is -0.382 e. The Morgan fingerprint density at radius 1 is 1.03 bits per heavy atom. The molecule has 2 amide bonds. The highest BCUT2D eigenvalue weighted by molar-refractivity contribution is 5.98. The van der Waals surface area contributed by atoms with Crippen molar-refractivity contribution in [3.63, 3.8) is 0 Å². The smallest absolute Gasteiger partial charge is 0.382 e. The summed E-state index contributed by atoms with van der Waals surface area (Å²) in [5, 5.41) is 3.21. The molecule has 1 N–H and O–H groups in total. The lowest BCUT2D eigenvalue weighted by atomic mass is 9.92. The fraction of sp³-hybridized carbons (Fsp3) is 0.481. The van der Waals surface area contributed by atoms with E-state index in [9.17, 15) is 22.8 Å². The first-order valence-electron chi connectivity index (χ1n) is 12.3. The van der Waals surface area contributed by atoms with Crippen molar-refractivity contribution in [1.29, 1.82) is 0 Å². The predicted octanol–water partition coefficient (Wildman–Crippen LogP) is 4.94. The topological polar surface area (TPSA) is 61.9 Å². The van der Waals surface area contributed by atoms with Crippen LogP contribution in [0.25, 0.3) is 0 Å². The summed E-state index contributed by atoms with van der Waals surface area (Å²) in [5.41, 5.74) is 1.99. The van der Waals surface area contributed by atoms with E-state index < -0.39 is 11.7 Å². The number of hydrogen-bond donors (Lipinski definition) is 1. The van der Waals surface area contributed by atoms with Crippen molar-refractivity contribution in [2.45, 2.75) is 57.9 Å². The van der Waals surface area contributed by atoms with Crippen molar-refractivity contribution in [2.24, 2.45) is 0 Å². The van der Waals surface area contributed by atoms with Gasteiger partial charge in [0.1, 0.15) is 13.2 Å². The van der Waals surface area contributed by atoms with Crippen molar-refractivity contribution < 1.29 is 27.5 Å². The van der Waals surface area contributed by atoms with E-state index in [-0.39, 0.29) is 42.7 Å². The van der Waals surface area contributed by atoms with Gasteiger partial charge in [0.2, 0.25) is 11.8 Å². The molecule has 194 valence electrons. The molecule has 0 spiro atoms. The molecule has 0 radical (unpaired) electrons. The van der Waals surface area contributed by atoms with Gasteiger partial charge >= 0.3 is 6.18 Å². The van der Waals surface area contributed by atoms with Crippen LogP contribution in [0.15, 0.2) is 42.5 Å². The number of amides is 2. The van der Waals surface area contributed by atoms with Gasteiger partial charge in [-0.25, -0.2) is 0 Å². The van der Waals surface area contributed by atoms with E-state index in [1.54, 1.807) is 11.0 Å². The number of carbonyl (C=O) groups is 2. The van der Waals surface area contributed by atoms with E-state index in [1.165, 1.54) is 17.9 Å². The zero-order valence-electron chi connectivity index (χ0n) is 20.6. The van der Waals surface area contributed by atoms with Crippen molar-refractivity contribution >= 4 is 23.2 Å². The molecule has 2 aromatic rings. The minimum atomic E-state index is -4.38. The Balaban J connectivity index is 1.20. The Labute approximate surface area is 209 Å². The van der Waals surface area contributed by atoms with Gasteiger partial charge in [-0.2, -0.15) is 13.2 Å². The first-order chi connectivity index (χ1) is 17.1. The number of hydrogen-bond acceptors (Lipinski definition) is 4. The number of halogens is 3. The molecule has 1 aliphatic heterocycles. The van der Waals surface area contributed by atoms with Crippen molar-refractivity contribution in [3.8, 4) is 0 Å². The van der Waals surface area contributed by atoms with Crippen LogP contribution in [-0.2, 0) is 20.5 Å². The molecule has 2 aliphatic rings. The lowest BCUT2D eigenvalue weighted by Crippen LogP contribution is -2.53. The van der Waals surface area contributed by atoms with Gasteiger partial charge in [0.05, 0.1) is 11.7 Å². The van der Waals surface area contributed by atoms with Crippen LogP contribution in [0.3, 0.4) is 0 Å². The third-order valence-corrected chi connectivity index (χ3v) is 6.95. The average Bonchev–Trinajstić information content (AvgIpc) is 2.84. The highest BCUT2D eigenvalue weighted by atomic mass is 19.4. The number of piperazine rings is 1. The summed E-state index contributed by atoms with van der Waals surface area (Å²) < 4.78 is 45.4. The molecule has 0 unspecified atom stereocenters. The van der Waals surface area contributed by atoms with Gasteiger partial charge in [0, 0.05) is 30.5 Å². The van der Waals surface area contributed by atoms with E-state index >= 15 is 0 Å². The maximum absolute atomic E-state index is 13.2. The van der Waals surface area contributed by atoms with Crippen LogP contribution < -0.4 is 10.2 Å². The van der Waals surface area contributed by atoms with Gasteiger partial charge in [0.25, 0.3) is 0 Å². The molecule has 1 saturated carbocycles. The van der Waals surface area contributed by atoms with Gasteiger partial charge < -0.3 is 19.9 Å². The molecule has 1 saturated heterocycles. The Morgan fingerprint density at radius 3 is 2.36 bits per heavy atom. The van der Waals surface area contributed by atoms with Crippen LogP contribution >= 0.6 is 0 Å². The zero-order chi connectivity index (χ0) is 25.9.